The molecule has 2 aromatic rings. The first kappa shape index (κ1) is 21.5. The van der Waals surface area contributed by atoms with Gasteiger partial charge in [0.1, 0.15) is 4.88 Å². The van der Waals surface area contributed by atoms with Gasteiger partial charge in [0.25, 0.3) is 5.91 Å². The zero-order valence-electron chi connectivity index (χ0n) is 15.4. The van der Waals surface area contributed by atoms with E-state index >= 15 is 0 Å². The van der Waals surface area contributed by atoms with Crippen LogP contribution < -0.4 is 10.6 Å². The molecule has 0 aliphatic carbocycles. The summed E-state index contributed by atoms with van der Waals surface area (Å²) in [5, 5.41) is 4.59. The molecule has 1 heterocycles. The molecule has 0 saturated carbocycles. The molecule has 0 saturated heterocycles. The van der Waals surface area contributed by atoms with E-state index in [4.69, 9.17) is 4.74 Å². The van der Waals surface area contributed by atoms with Crippen LogP contribution in [0, 0.1) is 18.6 Å². The van der Waals surface area contributed by atoms with Crippen LogP contribution in [0.1, 0.15) is 33.5 Å². The molecular weight excluding hydrogens is 390 g/mol. The largest absolute Gasteiger partial charge is 0.451 e. The highest BCUT2D eigenvalue weighted by Crippen LogP contribution is 2.23. The van der Waals surface area contributed by atoms with Crippen molar-refractivity contribution in [2.45, 2.75) is 26.7 Å². The van der Waals surface area contributed by atoms with Gasteiger partial charge < -0.3 is 15.4 Å². The third-order valence-electron chi connectivity index (χ3n) is 3.72. The molecule has 0 atom stereocenters. The van der Waals surface area contributed by atoms with Crippen LogP contribution in [-0.4, -0.2) is 30.9 Å². The minimum atomic E-state index is -1.10. The summed E-state index contributed by atoms with van der Waals surface area (Å²) in [5.74, 6) is -4.02. The van der Waals surface area contributed by atoms with Crippen molar-refractivity contribution >= 4 is 34.8 Å². The molecule has 0 unspecified atom stereocenters. The second-order valence-electron chi connectivity index (χ2n) is 5.97. The van der Waals surface area contributed by atoms with Crippen LogP contribution in [0.25, 0.3) is 0 Å². The number of carbonyl (C=O) groups excluding carboxylic acids is 3. The van der Waals surface area contributed by atoms with E-state index in [9.17, 15) is 23.2 Å². The number of carbonyl (C=O) groups is 3. The SMILES string of the molecule is CCCc1cc(C(=O)OCC(=O)NCC(=O)Nc2ccc(F)c(F)c2)sc1C. The second kappa shape index (κ2) is 9.93. The van der Waals surface area contributed by atoms with E-state index in [1.807, 2.05) is 13.8 Å². The van der Waals surface area contributed by atoms with Gasteiger partial charge in [-0.2, -0.15) is 0 Å². The zero-order chi connectivity index (χ0) is 20.7. The molecule has 2 rings (SSSR count). The lowest BCUT2D eigenvalue weighted by atomic mass is 10.1. The van der Waals surface area contributed by atoms with E-state index in [1.165, 1.54) is 17.4 Å². The first-order chi connectivity index (χ1) is 13.3. The summed E-state index contributed by atoms with van der Waals surface area (Å²) in [5.41, 5.74) is 1.14. The Morgan fingerprint density at radius 3 is 2.54 bits per heavy atom. The van der Waals surface area contributed by atoms with Gasteiger partial charge in [-0.3, -0.25) is 9.59 Å². The zero-order valence-corrected chi connectivity index (χ0v) is 16.3. The average Bonchev–Trinajstić information content (AvgIpc) is 3.02. The molecule has 0 spiro atoms. The second-order valence-corrected chi connectivity index (χ2v) is 7.23. The van der Waals surface area contributed by atoms with Crippen LogP contribution in [0.3, 0.4) is 0 Å². The lowest BCUT2D eigenvalue weighted by Crippen LogP contribution is -2.35. The molecule has 0 aliphatic rings. The van der Waals surface area contributed by atoms with Gasteiger partial charge in [-0.25, -0.2) is 13.6 Å². The van der Waals surface area contributed by atoms with Crippen molar-refractivity contribution < 1.29 is 27.9 Å². The number of aryl methyl sites for hydroxylation is 2. The van der Waals surface area contributed by atoms with Crippen molar-refractivity contribution in [2.24, 2.45) is 0 Å². The number of hydrogen-bond acceptors (Lipinski definition) is 5. The van der Waals surface area contributed by atoms with E-state index in [0.717, 1.165) is 35.4 Å². The van der Waals surface area contributed by atoms with Crippen molar-refractivity contribution in [3.8, 4) is 0 Å². The maximum Gasteiger partial charge on any atom is 0.348 e. The molecule has 150 valence electrons. The van der Waals surface area contributed by atoms with Crippen molar-refractivity contribution in [1.82, 2.24) is 5.32 Å². The number of benzene rings is 1. The Balaban J connectivity index is 1.75. The summed E-state index contributed by atoms with van der Waals surface area (Å²) in [6, 6.07) is 4.66. The summed E-state index contributed by atoms with van der Waals surface area (Å²) in [6.07, 6.45) is 1.82. The third kappa shape index (κ3) is 6.12. The molecule has 0 radical (unpaired) electrons. The summed E-state index contributed by atoms with van der Waals surface area (Å²) < 4.78 is 30.9. The molecule has 0 fully saturated rings. The van der Waals surface area contributed by atoms with Gasteiger partial charge in [0.15, 0.2) is 18.2 Å². The van der Waals surface area contributed by atoms with Gasteiger partial charge >= 0.3 is 5.97 Å². The maximum absolute atomic E-state index is 13.1. The minimum absolute atomic E-state index is 0.0560. The summed E-state index contributed by atoms with van der Waals surface area (Å²) >= 11 is 1.31. The van der Waals surface area contributed by atoms with Gasteiger partial charge in [0.2, 0.25) is 5.91 Å². The van der Waals surface area contributed by atoms with Crippen LogP contribution in [-0.2, 0) is 20.7 Å². The highest BCUT2D eigenvalue weighted by molar-refractivity contribution is 7.14. The number of anilines is 1. The van der Waals surface area contributed by atoms with Crippen LogP contribution >= 0.6 is 11.3 Å². The fourth-order valence-electron chi connectivity index (χ4n) is 2.35. The van der Waals surface area contributed by atoms with Crippen LogP contribution in [0.5, 0.6) is 0 Å². The fourth-order valence-corrected chi connectivity index (χ4v) is 3.31. The van der Waals surface area contributed by atoms with Crippen LogP contribution in [0.2, 0.25) is 0 Å². The smallest absolute Gasteiger partial charge is 0.348 e. The molecule has 2 N–H and O–H groups in total. The molecule has 0 aliphatic heterocycles. The van der Waals surface area contributed by atoms with Gasteiger partial charge in [-0.1, -0.05) is 13.3 Å². The Kier molecular flexibility index (Phi) is 7.62. The summed E-state index contributed by atoms with van der Waals surface area (Å²) in [6.45, 7) is 3.03. The first-order valence-corrected chi connectivity index (χ1v) is 9.39. The lowest BCUT2D eigenvalue weighted by Gasteiger charge is -2.07. The van der Waals surface area contributed by atoms with Crippen LogP contribution in [0.4, 0.5) is 14.5 Å². The normalized spacial score (nSPS) is 10.4. The quantitative estimate of drug-likeness (QED) is 0.655. The van der Waals surface area contributed by atoms with E-state index < -0.39 is 42.6 Å². The number of amides is 2. The van der Waals surface area contributed by atoms with Crippen molar-refractivity contribution in [3.05, 3.63) is 51.2 Å². The standard InChI is InChI=1S/C19H20F2N2O4S/c1-3-4-12-7-16(28-11(12)2)19(26)27-10-18(25)22-9-17(24)23-13-5-6-14(20)15(21)8-13/h5-8H,3-4,9-10H2,1-2H3,(H,22,25)(H,23,24). The van der Waals surface area contributed by atoms with E-state index in [1.54, 1.807) is 6.07 Å². The molecule has 1 aromatic heterocycles. The van der Waals surface area contributed by atoms with Gasteiger partial charge in [0, 0.05) is 16.6 Å². The molecule has 6 nitrogen and oxygen atoms in total. The van der Waals surface area contributed by atoms with Crippen molar-refractivity contribution in [3.63, 3.8) is 0 Å². The van der Waals surface area contributed by atoms with E-state index in [-0.39, 0.29) is 5.69 Å². The number of ether oxygens (including phenoxy) is 1. The van der Waals surface area contributed by atoms with Gasteiger partial charge in [-0.05, 0) is 37.1 Å². The lowest BCUT2D eigenvalue weighted by molar-refractivity contribution is -0.126. The number of nitrogens with one attached hydrogen (secondary N) is 2. The summed E-state index contributed by atoms with van der Waals surface area (Å²) in [4.78, 5) is 36.9. The third-order valence-corrected chi connectivity index (χ3v) is 4.80. The Hall–Kier alpha value is -2.81. The molecule has 2 amide bonds. The molecule has 0 bridgehead atoms. The van der Waals surface area contributed by atoms with Crippen molar-refractivity contribution in [2.75, 3.05) is 18.5 Å². The minimum Gasteiger partial charge on any atom is -0.451 e. The highest BCUT2D eigenvalue weighted by Gasteiger charge is 2.15. The Morgan fingerprint density at radius 2 is 1.86 bits per heavy atom. The topological polar surface area (TPSA) is 84.5 Å². The van der Waals surface area contributed by atoms with Gasteiger partial charge in [-0.15, -0.1) is 11.3 Å². The predicted molar refractivity (Wildman–Crippen MR) is 101 cm³/mol. The molecular formula is C19H20F2N2O4S. The van der Waals surface area contributed by atoms with Crippen LogP contribution in [0.15, 0.2) is 24.3 Å². The van der Waals surface area contributed by atoms with E-state index in [2.05, 4.69) is 10.6 Å². The highest BCUT2D eigenvalue weighted by atomic mass is 32.1. The Labute approximate surface area is 164 Å². The number of hydrogen-bond donors (Lipinski definition) is 2. The molecule has 9 heteroatoms. The number of rotatable bonds is 8. The monoisotopic (exact) mass is 410 g/mol. The average molecular weight is 410 g/mol. The predicted octanol–water partition coefficient (Wildman–Crippen LogP) is 3.20. The molecule has 28 heavy (non-hydrogen) atoms. The first-order valence-electron chi connectivity index (χ1n) is 8.58. The van der Waals surface area contributed by atoms with Crippen molar-refractivity contribution in [1.29, 1.82) is 0 Å². The number of thiophene rings is 1. The Bertz CT molecular complexity index is 883. The molecule has 1 aromatic carbocycles. The summed E-state index contributed by atoms with van der Waals surface area (Å²) in [7, 11) is 0. The Morgan fingerprint density at radius 1 is 1.11 bits per heavy atom. The number of halogens is 2. The number of esters is 1. The van der Waals surface area contributed by atoms with E-state index in [0.29, 0.717) is 4.88 Å². The fraction of sp³-hybridized carbons (Fsp3) is 0.316. The van der Waals surface area contributed by atoms with Gasteiger partial charge in [0.05, 0.1) is 6.54 Å². The maximum atomic E-state index is 13.1.